The summed E-state index contributed by atoms with van der Waals surface area (Å²) in [6, 6.07) is 10.1. The van der Waals surface area contributed by atoms with Gasteiger partial charge in [0.05, 0.1) is 23.0 Å². The fraction of sp³-hybridized carbons (Fsp3) is 0.182. The van der Waals surface area contributed by atoms with Crippen LogP contribution >= 0.6 is 22.7 Å². The zero-order chi connectivity index (χ0) is 22.0. The molecule has 1 aromatic carbocycles. The Labute approximate surface area is 185 Å². The number of aryl methyl sites for hydroxylation is 3. The molecule has 0 unspecified atom stereocenters. The lowest BCUT2D eigenvalue weighted by Gasteiger charge is -2.08. The molecule has 4 aromatic rings. The monoisotopic (exact) mass is 453 g/mol. The van der Waals surface area contributed by atoms with E-state index in [2.05, 4.69) is 10.3 Å². The molecule has 1 amide bonds. The first kappa shape index (κ1) is 21.0. The second kappa shape index (κ2) is 8.83. The van der Waals surface area contributed by atoms with E-state index in [-0.39, 0.29) is 24.4 Å². The van der Waals surface area contributed by atoms with E-state index in [0.717, 1.165) is 10.4 Å². The van der Waals surface area contributed by atoms with Crippen molar-refractivity contribution in [3.8, 4) is 5.75 Å². The van der Waals surface area contributed by atoms with Gasteiger partial charge >= 0.3 is 5.97 Å². The molecule has 0 spiro atoms. The molecule has 0 radical (unpaired) electrons. The number of benzene rings is 1. The van der Waals surface area contributed by atoms with Crippen molar-refractivity contribution in [1.29, 1.82) is 0 Å². The summed E-state index contributed by atoms with van der Waals surface area (Å²) in [5.41, 5.74) is 1.39. The van der Waals surface area contributed by atoms with Gasteiger partial charge in [-0.05, 0) is 55.1 Å². The van der Waals surface area contributed by atoms with E-state index < -0.39 is 5.97 Å². The van der Waals surface area contributed by atoms with Crippen LogP contribution in [0.25, 0.3) is 10.2 Å². The predicted octanol–water partition coefficient (Wildman–Crippen LogP) is 4.38. The van der Waals surface area contributed by atoms with Crippen LogP contribution in [0, 0.1) is 13.8 Å². The van der Waals surface area contributed by atoms with Crippen LogP contribution in [0.2, 0.25) is 0 Å². The van der Waals surface area contributed by atoms with Gasteiger partial charge in [0.1, 0.15) is 10.6 Å². The smallest absolute Gasteiger partial charge is 0.312 e. The average Bonchev–Trinajstić information content (AvgIpc) is 3.38. The van der Waals surface area contributed by atoms with Gasteiger partial charge in [-0.25, -0.2) is 4.98 Å². The molecule has 1 N–H and O–H groups in total. The molecule has 0 aliphatic heterocycles. The van der Waals surface area contributed by atoms with Gasteiger partial charge in [-0.2, -0.15) is 0 Å². The van der Waals surface area contributed by atoms with Crippen molar-refractivity contribution >= 4 is 50.5 Å². The highest BCUT2D eigenvalue weighted by Crippen LogP contribution is 2.25. The third-order valence-electron chi connectivity index (χ3n) is 4.80. The Balaban J connectivity index is 1.35. The van der Waals surface area contributed by atoms with Crippen LogP contribution in [0.5, 0.6) is 5.75 Å². The minimum atomic E-state index is -0.458. The molecule has 0 aliphatic carbocycles. The van der Waals surface area contributed by atoms with Crippen LogP contribution in [-0.2, 0) is 11.3 Å². The maximum Gasteiger partial charge on any atom is 0.312 e. The number of fused-ring (bicyclic) bond motifs is 1. The first-order valence-corrected chi connectivity index (χ1v) is 11.2. The van der Waals surface area contributed by atoms with Gasteiger partial charge in [0, 0.05) is 17.1 Å². The Morgan fingerprint density at radius 2 is 1.94 bits per heavy atom. The molecule has 31 heavy (non-hydrogen) atoms. The fourth-order valence-corrected chi connectivity index (χ4v) is 4.64. The van der Waals surface area contributed by atoms with Gasteiger partial charge in [-0.15, -0.1) is 22.7 Å². The minimum absolute atomic E-state index is 0.0339. The van der Waals surface area contributed by atoms with Crippen LogP contribution < -0.4 is 15.6 Å². The first-order valence-electron chi connectivity index (χ1n) is 9.53. The van der Waals surface area contributed by atoms with Crippen molar-refractivity contribution in [1.82, 2.24) is 9.55 Å². The summed E-state index contributed by atoms with van der Waals surface area (Å²) in [6.45, 7) is 4.05. The zero-order valence-electron chi connectivity index (χ0n) is 16.9. The summed E-state index contributed by atoms with van der Waals surface area (Å²) in [5.74, 6) is -0.281. The molecule has 0 fully saturated rings. The summed E-state index contributed by atoms with van der Waals surface area (Å²) in [5, 5.41) is 5.23. The second-order valence-electron chi connectivity index (χ2n) is 6.89. The van der Waals surface area contributed by atoms with Crippen LogP contribution in [0.1, 0.15) is 26.5 Å². The number of nitrogens with zero attached hydrogens (tertiary/aromatic N) is 2. The number of amides is 1. The zero-order valence-corrected chi connectivity index (χ0v) is 18.5. The number of hydrogen-bond donors (Lipinski definition) is 1. The molecule has 0 atom stereocenters. The summed E-state index contributed by atoms with van der Waals surface area (Å²) in [6.07, 6.45) is 1.50. The molecule has 9 heteroatoms. The van der Waals surface area contributed by atoms with Crippen molar-refractivity contribution in [2.75, 3.05) is 5.32 Å². The molecule has 0 aliphatic rings. The lowest BCUT2D eigenvalue weighted by atomic mass is 10.2. The largest absolute Gasteiger partial charge is 0.426 e. The molecule has 0 bridgehead atoms. The number of nitrogens with one attached hydrogen (secondary N) is 1. The van der Waals surface area contributed by atoms with Gasteiger partial charge in [0.15, 0.2) is 0 Å². The number of thiophene rings is 2. The third-order valence-corrected chi connectivity index (χ3v) is 6.79. The Hall–Kier alpha value is -3.30. The Kier molecular flexibility index (Phi) is 5.97. The number of esters is 1. The summed E-state index contributed by atoms with van der Waals surface area (Å²) in [4.78, 5) is 43.7. The van der Waals surface area contributed by atoms with Gasteiger partial charge in [-0.3, -0.25) is 19.0 Å². The highest BCUT2D eigenvalue weighted by atomic mass is 32.1. The molecule has 0 saturated heterocycles. The molecule has 4 rings (SSSR count). The quantitative estimate of drug-likeness (QED) is 0.346. The highest BCUT2D eigenvalue weighted by Gasteiger charge is 2.13. The summed E-state index contributed by atoms with van der Waals surface area (Å²) < 4.78 is 6.78. The van der Waals surface area contributed by atoms with E-state index in [1.807, 2.05) is 25.3 Å². The molecular formula is C22H19N3O4S2. The van der Waals surface area contributed by atoms with Crippen molar-refractivity contribution in [3.05, 3.63) is 73.8 Å². The Morgan fingerprint density at radius 3 is 2.65 bits per heavy atom. The molecule has 0 saturated carbocycles. The number of aromatic nitrogens is 2. The van der Waals surface area contributed by atoms with Gasteiger partial charge in [0.2, 0.25) is 0 Å². The number of rotatable bonds is 6. The normalized spacial score (nSPS) is 10.9. The maximum absolute atomic E-state index is 12.7. The predicted molar refractivity (Wildman–Crippen MR) is 122 cm³/mol. The van der Waals surface area contributed by atoms with Gasteiger partial charge in [-0.1, -0.05) is 6.07 Å². The number of ether oxygens (including phenoxy) is 1. The molecule has 158 valence electrons. The van der Waals surface area contributed by atoms with Gasteiger partial charge in [0.25, 0.3) is 11.5 Å². The van der Waals surface area contributed by atoms with Crippen molar-refractivity contribution < 1.29 is 14.3 Å². The van der Waals surface area contributed by atoms with E-state index in [9.17, 15) is 14.4 Å². The van der Waals surface area contributed by atoms with E-state index in [4.69, 9.17) is 4.74 Å². The minimum Gasteiger partial charge on any atom is -0.426 e. The highest BCUT2D eigenvalue weighted by molar-refractivity contribution is 7.18. The topological polar surface area (TPSA) is 90.3 Å². The molecular weight excluding hydrogens is 434 g/mol. The third kappa shape index (κ3) is 4.57. The van der Waals surface area contributed by atoms with E-state index >= 15 is 0 Å². The first-order chi connectivity index (χ1) is 14.9. The van der Waals surface area contributed by atoms with Crippen LogP contribution in [0.3, 0.4) is 0 Å². The van der Waals surface area contributed by atoms with Crippen molar-refractivity contribution in [2.45, 2.75) is 26.8 Å². The van der Waals surface area contributed by atoms with E-state index in [1.165, 1.54) is 33.6 Å². The SMILES string of the molecule is Cc1sc2ncn(CCC(=O)Oc3ccc(NC(=O)c4cccs4)cc3)c(=O)c2c1C. The summed E-state index contributed by atoms with van der Waals surface area (Å²) >= 11 is 2.85. The van der Waals surface area contributed by atoms with Gasteiger partial charge < -0.3 is 10.1 Å². The summed E-state index contributed by atoms with van der Waals surface area (Å²) in [7, 11) is 0. The lowest BCUT2D eigenvalue weighted by molar-refractivity contribution is -0.134. The molecule has 7 nitrogen and oxygen atoms in total. The number of carbonyl (C=O) groups excluding carboxylic acids is 2. The maximum atomic E-state index is 12.7. The lowest BCUT2D eigenvalue weighted by Crippen LogP contribution is -2.23. The van der Waals surface area contributed by atoms with E-state index in [1.54, 1.807) is 30.3 Å². The van der Waals surface area contributed by atoms with Crippen molar-refractivity contribution in [3.63, 3.8) is 0 Å². The molecule has 3 heterocycles. The fourth-order valence-electron chi connectivity index (χ4n) is 3.03. The Bertz CT molecular complexity index is 1310. The van der Waals surface area contributed by atoms with Crippen LogP contribution in [-0.4, -0.2) is 21.4 Å². The number of carbonyl (C=O) groups is 2. The van der Waals surface area contributed by atoms with Crippen LogP contribution in [0.4, 0.5) is 5.69 Å². The van der Waals surface area contributed by atoms with Crippen LogP contribution in [0.15, 0.2) is 52.9 Å². The second-order valence-corrected chi connectivity index (χ2v) is 9.04. The van der Waals surface area contributed by atoms with E-state index in [0.29, 0.717) is 26.5 Å². The number of hydrogen-bond acceptors (Lipinski definition) is 7. The molecule has 3 aromatic heterocycles. The standard InChI is InChI=1S/C22H19N3O4S2/c1-13-14(2)31-21-19(13)22(28)25(12-23-21)10-9-18(26)29-16-7-5-15(6-8-16)24-20(27)17-4-3-11-30-17/h3-8,11-12H,9-10H2,1-2H3,(H,24,27). The average molecular weight is 454 g/mol. The Morgan fingerprint density at radius 1 is 1.16 bits per heavy atom. The van der Waals surface area contributed by atoms with Crippen molar-refractivity contribution in [2.24, 2.45) is 0 Å². The number of anilines is 1.